The minimum atomic E-state index is -0.157. The fourth-order valence-electron chi connectivity index (χ4n) is 4.54. The predicted molar refractivity (Wildman–Crippen MR) is 126 cm³/mol. The summed E-state index contributed by atoms with van der Waals surface area (Å²) in [6.45, 7) is 3.88. The van der Waals surface area contributed by atoms with Gasteiger partial charge in [-0.05, 0) is 87.1 Å². The van der Waals surface area contributed by atoms with Crippen molar-refractivity contribution in [3.63, 3.8) is 0 Å². The van der Waals surface area contributed by atoms with E-state index < -0.39 is 0 Å². The number of carbonyl (C=O) groups excluding carboxylic acids is 1. The lowest BCUT2D eigenvalue weighted by Crippen LogP contribution is -2.39. The van der Waals surface area contributed by atoms with Gasteiger partial charge >= 0.3 is 0 Å². The van der Waals surface area contributed by atoms with Crippen LogP contribution in [0.1, 0.15) is 30.5 Å². The zero-order chi connectivity index (χ0) is 21.9. The highest BCUT2D eigenvalue weighted by Crippen LogP contribution is 2.34. The Bertz CT molecular complexity index is 1150. The molecular formula is C25H27FN4OS. The number of nitrogens with zero attached hydrogens (tertiary/aromatic N) is 3. The van der Waals surface area contributed by atoms with Crippen LogP contribution in [0.5, 0.6) is 0 Å². The van der Waals surface area contributed by atoms with Gasteiger partial charge < -0.3 is 10.2 Å². The van der Waals surface area contributed by atoms with E-state index in [9.17, 15) is 9.18 Å². The predicted octanol–water partition coefficient (Wildman–Crippen LogP) is 4.38. The molecule has 0 unspecified atom stereocenters. The number of rotatable bonds is 7. The van der Waals surface area contributed by atoms with E-state index in [-0.39, 0.29) is 11.7 Å². The van der Waals surface area contributed by atoms with Crippen molar-refractivity contribution in [2.45, 2.75) is 30.7 Å². The highest BCUT2D eigenvalue weighted by atomic mass is 32.2. The monoisotopic (exact) mass is 450 g/mol. The molecule has 2 aliphatic rings. The lowest BCUT2D eigenvalue weighted by molar-refractivity contribution is -0.117. The number of piperidine rings is 1. The number of nitrogens with one attached hydrogen (secondary N) is 1. The highest BCUT2D eigenvalue weighted by molar-refractivity contribution is 8.04. The molecule has 0 bridgehead atoms. The normalized spacial score (nSPS) is 16.8. The maximum Gasteiger partial charge on any atom is 0.258 e. The van der Waals surface area contributed by atoms with Crippen LogP contribution in [-0.2, 0) is 11.2 Å². The fraction of sp³-hybridized carbons (Fsp3) is 0.360. The molecule has 5 nitrogen and oxygen atoms in total. The summed E-state index contributed by atoms with van der Waals surface area (Å²) in [7, 11) is 0. The van der Waals surface area contributed by atoms with Crippen molar-refractivity contribution in [3.05, 3.63) is 70.6 Å². The van der Waals surface area contributed by atoms with Crippen LogP contribution in [0.25, 0.3) is 11.7 Å². The van der Waals surface area contributed by atoms with Crippen molar-refractivity contribution in [1.29, 1.82) is 0 Å². The van der Waals surface area contributed by atoms with Gasteiger partial charge in [-0.1, -0.05) is 30.0 Å². The third-order valence-electron chi connectivity index (χ3n) is 6.33. The number of benzene rings is 1. The Balaban J connectivity index is 1.06. The Morgan fingerprint density at radius 3 is 2.88 bits per heavy atom. The number of pyridine rings is 1. The molecule has 5 rings (SSSR count). The third kappa shape index (κ3) is 4.74. The van der Waals surface area contributed by atoms with E-state index in [1.54, 1.807) is 12.1 Å². The van der Waals surface area contributed by atoms with Gasteiger partial charge in [0.15, 0.2) is 0 Å². The Morgan fingerprint density at radius 2 is 2.03 bits per heavy atom. The SMILES string of the molecule is O=C(NCC1CCN(CCCc2cccc(F)c2)CC1)C1=Cc2cnc3cccc(n23)S1. The van der Waals surface area contributed by atoms with E-state index in [4.69, 9.17) is 0 Å². The smallest absolute Gasteiger partial charge is 0.258 e. The lowest BCUT2D eigenvalue weighted by Gasteiger charge is -2.32. The Kier molecular flexibility index (Phi) is 6.28. The fourth-order valence-corrected chi connectivity index (χ4v) is 5.54. The first-order valence-electron chi connectivity index (χ1n) is 11.3. The van der Waals surface area contributed by atoms with Crippen molar-refractivity contribution in [3.8, 4) is 0 Å². The molecule has 0 saturated carbocycles. The molecule has 0 radical (unpaired) electrons. The molecule has 4 heterocycles. The maximum absolute atomic E-state index is 13.3. The van der Waals surface area contributed by atoms with Crippen molar-refractivity contribution < 1.29 is 9.18 Å². The quantitative estimate of drug-likeness (QED) is 0.580. The lowest BCUT2D eigenvalue weighted by atomic mass is 9.96. The number of halogens is 1. The van der Waals surface area contributed by atoms with Gasteiger partial charge in [0.25, 0.3) is 5.91 Å². The Hall–Kier alpha value is -2.64. The first kappa shape index (κ1) is 21.2. The number of aromatic nitrogens is 2. The molecule has 2 aromatic heterocycles. The zero-order valence-corrected chi connectivity index (χ0v) is 18.8. The van der Waals surface area contributed by atoms with Gasteiger partial charge in [0, 0.05) is 6.54 Å². The van der Waals surface area contributed by atoms with Crippen molar-refractivity contribution >= 4 is 29.4 Å². The minimum Gasteiger partial charge on any atom is -0.351 e. The largest absolute Gasteiger partial charge is 0.351 e. The van der Waals surface area contributed by atoms with E-state index in [0.29, 0.717) is 5.92 Å². The second-order valence-electron chi connectivity index (χ2n) is 8.58. The maximum atomic E-state index is 13.3. The van der Waals surface area contributed by atoms with Crippen LogP contribution in [0.3, 0.4) is 0 Å². The van der Waals surface area contributed by atoms with E-state index in [1.165, 1.54) is 17.8 Å². The summed E-state index contributed by atoms with van der Waals surface area (Å²) in [4.78, 5) is 20.4. The van der Waals surface area contributed by atoms with Crippen LogP contribution >= 0.6 is 11.8 Å². The molecule has 2 aliphatic heterocycles. The second kappa shape index (κ2) is 9.46. The molecule has 1 saturated heterocycles. The van der Waals surface area contributed by atoms with Crippen LogP contribution < -0.4 is 5.32 Å². The van der Waals surface area contributed by atoms with Gasteiger partial charge in [-0.3, -0.25) is 9.20 Å². The Morgan fingerprint density at radius 1 is 1.19 bits per heavy atom. The summed E-state index contributed by atoms with van der Waals surface area (Å²) >= 11 is 1.50. The molecule has 0 atom stereocenters. The van der Waals surface area contributed by atoms with Gasteiger partial charge in [0.05, 0.1) is 21.8 Å². The van der Waals surface area contributed by atoms with E-state index in [2.05, 4.69) is 19.6 Å². The van der Waals surface area contributed by atoms with Crippen LogP contribution in [0.15, 0.2) is 58.6 Å². The zero-order valence-electron chi connectivity index (χ0n) is 18.0. The van der Waals surface area contributed by atoms with Crippen molar-refractivity contribution in [2.24, 2.45) is 5.92 Å². The van der Waals surface area contributed by atoms with Gasteiger partial charge in [-0.15, -0.1) is 0 Å². The van der Waals surface area contributed by atoms with Crippen molar-refractivity contribution in [2.75, 3.05) is 26.2 Å². The van der Waals surface area contributed by atoms with Gasteiger partial charge in [-0.25, -0.2) is 9.37 Å². The first-order chi connectivity index (χ1) is 15.7. The van der Waals surface area contributed by atoms with Gasteiger partial charge in [0.1, 0.15) is 11.5 Å². The number of amides is 1. The average Bonchev–Trinajstić information content (AvgIpc) is 3.23. The van der Waals surface area contributed by atoms with Crippen LogP contribution in [0.2, 0.25) is 0 Å². The minimum absolute atomic E-state index is 0.00280. The Labute approximate surface area is 191 Å². The van der Waals surface area contributed by atoms with Crippen LogP contribution in [0, 0.1) is 11.7 Å². The highest BCUT2D eigenvalue weighted by Gasteiger charge is 2.23. The number of imidazole rings is 1. The molecule has 3 aromatic rings. The molecule has 1 N–H and O–H groups in total. The summed E-state index contributed by atoms with van der Waals surface area (Å²) in [5.74, 6) is 0.356. The van der Waals surface area contributed by atoms with E-state index in [0.717, 1.165) is 78.7 Å². The summed E-state index contributed by atoms with van der Waals surface area (Å²) < 4.78 is 15.4. The van der Waals surface area contributed by atoms with E-state index >= 15 is 0 Å². The second-order valence-corrected chi connectivity index (χ2v) is 9.64. The van der Waals surface area contributed by atoms with Gasteiger partial charge in [0.2, 0.25) is 0 Å². The molecule has 1 aromatic carbocycles. The standard InChI is InChI=1S/C25H27FN4OS/c26-20-6-1-4-18(14-20)5-3-11-29-12-9-19(10-13-29)16-28-25(31)22-15-21-17-27-23-7-2-8-24(32-22)30(21)23/h1-2,4,6-8,14-15,17,19H,3,5,9-13,16H2,(H,28,31). The first-order valence-corrected chi connectivity index (χ1v) is 12.1. The number of thioether (sulfide) groups is 1. The molecule has 32 heavy (non-hydrogen) atoms. The molecule has 1 amide bonds. The molecule has 0 aliphatic carbocycles. The molecule has 0 spiro atoms. The number of hydrogen-bond donors (Lipinski definition) is 1. The summed E-state index contributed by atoms with van der Waals surface area (Å²) in [5.41, 5.74) is 2.92. The third-order valence-corrected chi connectivity index (χ3v) is 7.38. The summed E-state index contributed by atoms with van der Waals surface area (Å²) in [6.07, 6.45) is 7.88. The molecule has 7 heteroatoms. The topological polar surface area (TPSA) is 49.6 Å². The molecule has 1 fully saturated rings. The summed E-state index contributed by atoms with van der Waals surface area (Å²) in [5, 5.41) is 4.17. The van der Waals surface area contributed by atoms with Crippen LogP contribution in [0.4, 0.5) is 4.39 Å². The average molecular weight is 451 g/mol. The van der Waals surface area contributed by atoms with Crippen LogP contribution in [-0.4, -0.2) is 46.4 Å². The number of likely N-dealkylation sites (tertiary alicyclic amines) is 1. The summed E-state index contributed by atoms with van der Waals surface area (Å²) in [6, 6.07) is 12.9. The van der Waals surface area contributed by atoms with E-state index in [1.807, 2.05) is 36.5 Å². The van der Waals surface area contributed by atoms with Crippen molar-refractivity contribution in [1.82, 2.24) is 19.6 Å². The number of carbonyl (C=O) groups is 1. The number of aryl methyl sites for hydroxylation is 1. The number of hydrogen-bond acceptors (Lipinski definition) is 4. The molecular weight excluding hydrogens is 423 g/mol. The molecule has 166 valence electrons. The van der Waals surface area contributed by atoms with Gasteiger partial charge in [-0.2, -0.15) is 0 Å².